The average Bonchev–Trinajstić information content (AvgIpc) is 2.50. The standard InChI is InChI=1S/C15H24N2O5S/c1-5-17(6-2)23(19,20)14-10-12(16-15(18)11-21-4)8-9-13(14)22-7-3/h8-10H,5-7,11H2,1-4H3,(H,16,18). The first-order chi connectivity index (χ1) is 10.9. The Kier molecular flexibility index (Phi) is 7.47. The monoisotopic (exact) mass is 344 g/mol. The fraction of sp³-hybridized carbons (Fsp3) is 0.533. The van der Waals surface area contributed by atoms with Gasteiger partial charge in [0.1, 0.15) is 17.3 Å². The molecule has 1 rings (SSSR count). The van der Waals surface area contributed by atoms with Crippen LogP contribution in [0.1, 0.15) is 20.8 Å². The van der Waals surface area contributed by atoms with Crippen molar-refractivity contribution in [2.24, 2.45) is 0 Å². The number of rotatable bonds is 9. The summed E-state index contributed by atoms with van der Waals surface area (Å²) in [6.07, 6.45) is 0. The van der Waals surface area contributed by atoms with Crippen LogP contribution in [-0.4, -0.2) is 52.0 Å². The summed E-state index contributed by atoms with van der Waals surface area (Å²) in [5.41, 5.74) is 0.376. The molecule has 0 atom stereocenters. The summed E-state index contributed by atoms with van der Waals surface area (Å²) in [6.45, 7) is 6.26. The van der Waals surface area contributed by atoms with Gasteiger partial charge < -0.3 is 14.8 Å². The Bertz CT molecular complexity index is 627. The number of anilines is 1. The molecule has 0 saturated heterocycles. The molecule has 0 unspecified atom stereocenters. The second kappa shape index (κ2) is 8.85. The van der Waals surface area contributed by atoms with Crippen molar-refractivity contribution >= 4 is 21.6 Å². The lowest BCUT2D eigenvalue weighted by molar-refractivity contribution is -0.119. The summed E-state index contributed by atoms with van der Waals surface area (Å²) < 4.78 is 37.0. The van der Waals surface area contributed by atoms with Gasteiger partial charge in [0.15, 0.2) is 0 Å². The van der Waals surface area contributed by atoms with Crippen LogP contribution in [0.5, 0.6) is 5.75 Å². The van der Waals surface area contributed by atoms with Gasteiger partial charge in [0, 0.05) is 25.9 Å². The van der Waals surface area contributed by atoms with Crippen LogP contribution in [0.15, 0.2) is 23.1 Å². The first kappa shape index (κ1) is 19.4. The van der Waals surface area contributed by atoms with Crippen molar-refractivity contribution in [1.29, 1.82) is 0 Å². The molecular formula is C15H24N2O5S. The van der Waals surface area contributed by atoms with Gasteiger partial charge in [-0.05, 0) is 25.1 Å². The highest BCUT2D eigenvalue weighted by Crippen LogP contribution is 2.30. The number of nitrogens with zero attached hydrogens (tertiary/aromatic N) is 1. The van der Waals surface area contributed by atoms with Crippen LogP contribution in [0.2, 0.25) is 0 Å². The van der Waals surface area contributed by atoms with Crippen molar-refractivity contribution in [2.45, 2.75) is 25.7 Å². The summed E-state index contributed by atoms with van der Waals surface area (Å²) in [6, 6.07) is 4.55. The number of hydrogen-bond acceptors (Lipinski definition) is 5. The fourth-order valence-electron chi connectivity index (χ4n) is 2.09. The lowest BCUT2D eigenvalue weighted by Gasteiger charge is -2.21. The molecule has 0 radical (unpaired) electrons. The van der Waals surface area contributed by atoms with Gasteiger partial charge in [0.2, 0.25) is 15.9 Å². The van der Waals surface area contributed by atoms with Crippen LogP contribution in [0.4, 0.5) is 5.69 Å². The van der Waals surface area contributed by atoms with E-state index in [1.54, 1.807) is 32.9 Å². The van der Waals surface area contributed by atoms with Gasteiger partial charge in [-0.15, -0.1) is 0 Å². The molecule has 7 nitrogen and oxygen atoms in total. The van der Waals surface area contributed by atoms with E-state index in [1.165, 1.54) is 17.5 Å². The first-order valence-corrected chi connectivity index (χ1v) is 8.90. The molecule has 0 aliphatic rings. The zero-order valence-electron chi connectivity index (χ0n) is 14.0. The lowest BCUT2D eigenvalue weighted by atomic mass is 10.3. The molecular weight excluding hydrogens is 320 g/mol. The number of methoxy groups -OCH3 is 1. The minimum Gasteiger partial charge on any atom is -0.492 e. The van der Waals surface area contributed by atoms with E-state index < -0.39 is 10.0 Å². The molecule has 1 N–H and O–H groups in total. The molecule has 0 aliphatic carbocycles. The van der Waals surface area contributed by atoms with Crippen LogP contribution in [0.3, 0.4) is 0 Å². The number of amides is 1. The molecule has 0 spiro atoms. The summed E-state index contributed by atoms with van der Waals surface area (Å²) in [5, 5.41) is 2.60. The van der Waals surface area contributed by atoms with Gasteiger partial charge in [0.05, 0.1) is 6.61 Å². The topological polar surface area (TPSA) is 84.9 Å². The van der Waals surface area contributed by atoms with Crippen LogP contribution in [0, 0.1) is 0 Å². The van der Waals surface area contributed by atoms with Crippen LogP contribution in [-0.2, 0) is 19.6 Å². The number of sulfonamides is 1. The third-order valence-corrected chi connectivity index (χ3v) is 5.20. The molecule has 1 aromatic carbocycles. The minimum absolute atomic E-state index is 0.0401. The summed E-state index contributed by atoms with van der Waals surface area (Å²) in [7, 11) is -2.29. The highest BCUT2D eigenvalue weighted by atomic mass is 32.2. The van der Waals surface area contributed by atoms with Gasteiger partial charge in [-0.1, -0.05) is 13.8 Å². The summed E-state index contributed by atoms with van der Waals surface area (Å²) >= 11 is 0. The quantitative estimate of drug-likeness (QED) is 0.737. The maximum absolute atomic E-state index is 12.8. The van der Waals surface area contributed by atoms with Crippen molar-refractivity contribution in [3.05, 3.63) is 18.2 Å². The number of hydrogen-bond donors (Lipinski definition) is 1. The van der Waals surface area contributed by atoms with Crippen molar-refractivity contribution in [1.82, 2.24) is 4.31 Å². The van der Waals surface area contributed by atoms with E-state index in [1.807, 2.05) is 0 Å². The molecule has 0 aliphatic heterocycles. The normalized spacial score (nSPS) is 11.5. The Morgan fingerprint density at radius 2 is 1.87 bits per heavy atom. The fourth-order valence-corrected chi connectivity index (χ4v) is 3.71. The van der Waals surface area contributed by atoms with Crippen molar-refractivity contribution in [3.8, 4) is 5.75 Å². The van der Waals surface area contributed by atoms with Crippen molar-refractivity contribution < 1.29 is 22.7 Å². The third-order valence-electron chi connectivity index (χ3n) is 3.13. The number of carbonyl (C=O) groups is 1. The minimum atomic E-state index is -3.70. The molecule has 1 aromatic rings. The molecule has 8 heteroatoms. The molecule has 1 amide bonds. The molecule has 130 valence electrons. The largest absolute Gasteiger partial charge is 0.492 e. The van der Waals surface area contributed by atoms with Crippen LogP contribution < -0.4 is 10.1 Å². The smallest absolute Gasteiger partial charge is 0.250 e. The van der Waals surface area contributed by atoms with Crippen molar-refractivity contribution in [2.75, 3.05) is 38.7 Å². The molecule has 23 heavy (non-hydrogen) atoms. The van der Waals surface area contributed by atoms with E-state index in [2.05, 4.69) is 5.32 Å². The SMILES string of the molecule is CCOc1ccc(NC(=O)COC)cc1S(=O)(=O)N(CC)CC. The van der Waals surface area contributed by atoms with Gasteiger partial charge in [0.25, 0.3) is 0 Å². The first-order valence-electron chi connectivity index (χ1n) is 7.46. The Hall–Kier alpha value is -1.64. The Morgan fingerprint density at radius 3 is 2.39 bits per heavy atom. The zero-order chi connectivity index (χ0) is 17.5. The maximum atomic E-state index is 12.8. The van der Waals surface area contributed by atoms with E-state index in [0.717, 1.165) is 0 Å². The lowest BCUT2D eigenvalue weighted by Crippen LogP contribution is -2.31. The molecule has 0 saturated carbocycles. The van der Waals surface area contributed by atoms with Gasteiger partial charge in [-0.25, -0.2) is 8.42 Å². The van der Waals surface area contributed by atoms with E-state index in [9.17, 15) is 13.2 Å². The Morgan fingerprint density at radius 1 is 1.22 bits per heavy atom. The maximum Gasteiger partial charge on any atom is 0.250 e. The van der Waals surface area contributed by atoms with Gasteiger partial charge in [-0.3, -0.25) is 4.79 Å². The number of ether oxygens (including phenoxy) is 2. The second-order valence-corrected chi connectivity index (χ2v) is 6.57. The van der Waals surface area contributed by atoms with E-state index >= 15 is 0 Å². The predicted molar refractivity (Wildman–Crippen MR) is 88.2 cm³/mol. The highest BCUT2D eigenvalue weighted by molar-refractivity contribution is 7.89. The van der Waals surface area contributed by atoms with Crippen LogP contribution >= 0.6 is 0 Å². The van der Waals surface area contributed by atoms with Gasteiger partial charge >= 0.3 is 0 Å². The van der Waals surface area contributed by atoms with E-state index in [-0.39, 0.29) is 23.2 Å². The van der Waals surface area contributed by atoms with Gasteiger partial charge in [-0.2, -0.15) is 4.31 Å². The van der Waals surface area contributed by atoms with Crippen LogP contribution in [0.25, 0.3) is 0 Å². The highest BCUT2D eigenvalue weighted by Gasteiger charge is 2.26. The van der Waals surface area contributed by atoms with Crippen molar-refractivity contribution in [3.63, 3.8) is 0 Å². The molecule has 0 bridgehead atoms. The zero-order valence-corrected chi connectivity index (χ0v) is 14.8. The molecule has 0 heterocycles. The van der Waals surface area contributed by atoms with E-state index in [4.69, 9.17) is 9.47 Å². The predicted octanol–water partition coefficient (Wildman–Crippen LogP) is 1.70. The third kappa shape index (κ3) is 4.92. The van der Waals surface area contributed by atoms with E-state index in [0.29, 0.717) is 25.4 Å². The number of carbonyl (C=O) groups excluding carboxylic acids is 1. The average molecular weight is 344 g/mol. The Balaban J connectivity index is 3.28. The molecule has 0 fully saturated rings. The number of nitrogens with one attached hydrogen (secondary N) is 1. The Labute approximate surface area is 137 Å². The second-order valence-electron chi connectivity index (χ2n) is 4.67. The summed E-state index contributed by atoms with van der Waals surface area (Å²) in [4.78, 5) is 11.6. The number of benzene rings is 1. The summed E-state index contributed by atoms with van der Waals surface area (Å²) in [5.74, 6) is -0.0908. The molecule has 0 aromatic heterocycles.